The van der Waals surface area contributed by atoms with Gasteiger partial charge in [-0.2, -0.15) is 0 Å². The molecule has 3 aromatic heterocycles. The molecule has 5 aromatic rings. The standard InChI is InChI=1S/C31H36FN9/c1-19-15-21(32)16-26-28(19)38-31(37-26)36-22-5-3-20(4-6-22)25-17-41(30-27(25)29(33)34-18-35-30)24-9-7-23(8-10-24)40-13-11-39(2)12-14-40/h3-6,15-18,23-24H,7-14H2,1-2H3,(H2,33,34,35)(H2,36,37,38)/t23-,24+. The van der Waals surface area contributed by atoms with Gasteiger partial charge in [0.15, 0.2) is 0 Å². The van der Waals surface area contributed by atoms with Crippen molar-refractivity contribution in [3.8, 4) is 11.1 Å². The average Bonchev–Trinajstić information content (AvgIpc) is 3.56. The highest BCUT2D eigenvalue weighted by atomic mass is 19.1. The Morgan fingerprint density at radius 1 is 0.976 bits per heavy atom. The van der Waals surface area contributed by atoms with Crippen molar-refractivity contribution < 1.29 is 4.39 Å². The number of hydrogen-bond acceptors (Lipinski definition) is 7. The van der Waals surface area contributed by atoms with Gasteiger partial charge in [0.1, 0.15) is 23.6 Å². The molecule has 1 aliphatic carbocycles. The maximum absolute atomic E-state index is 13.8. The van der Waals surface area contributed by atoms with E-state index in [1.165, 1.54) is 38.1 Å². The molecule has 10 heteroatoms. The SMILES string of the molecule is Cc1cc(F)cc2[nH]c(Nc3ccc(-c4cn([C@H]5CC[C@@H](N6CCN(C)CC6)CC5)c5ncnc(N)c45)cc3)nc12. The number of aromatic amines is 1. The third-order valence-corrected chi connectivity index (χ3v) is 8.95. The molecule has 7 rings (SSSR count). The number of likely N-dealkylation sites (N-methyl/N-ethyl adjacent to an activating group) is 1. The molecule has 4 heterocycles. The van der Waals surface area contributed by atoms with Gasteiger partial charge in [-0.05, 0) is 75.0 Å². The minimum absolute atomic E-state index is 0.278. The van der Waals surface area contributed by atoms with Crippen LogP contribution >= 0.6 is 0 Å². The molecule has 2 fully saturated rings. The molecule has 1 saturated heterocycles. The van der Waals surface area contributed by atoms with Crippen LogP contribution in [0.2, 0.25) is 0 Å². The molecule has 2 aliphatic rings. The number of nitrogens with one attached hydrogen (secondary N) is 2. The first kappa shape index (κ1) is 25.9. The lowest BCUT2D eigenvalue weighted by atomic mass is 9.89. The van der Waals surface area contributed by atoms with E-state index >= 15 is 0 Å². The topological polar surface area (TPSA) is 104 Å². The number of fused-ring (bicyclic) bond motifs is 2. The van der Waals surface area contributed by atoms with E-state index in [0.29, 0.717) is 29.4 Å². The summed E-state index contributed by atoms with van der Waals surface area (Å²) in [6, 6.07) is 12.2. The van der Waals surface area contributed by atoms with E-state index in [4.69, 9.17) is 10.7 Å². The summed E-state index contributed by atoms with van der Waals surface area (Å²) in [5, 5.41) is 4.21. The summed E-state index contributed by atoms with van der Waals surface area (Å²) in [7, 11) is 2.21. The molecule has 0 spiro atoms. The number of nitrogens with zero attached hydrogens (tertiary/aromatic N) is 6. The summed E-state index contributed by atoms with van der Waals surface area (Å²) in [6.07, 6.45) is 8.47. The Hall–Kier alpha value is -4.02. The van der Waals surface area contributed by atoms with Crippen LogP contribution in [0.25, 0.3) is 33.2 Å². The second-order valence-electron chi connectivity index (χ2n) is 11.6. The van der Waals surface area contributed by atoms with E-state index in [1.54, 1.807) is 6.33 Å². The monoisotopic (exact) mass is 553 g/mol. The van der Waals surface area contributed by atoms with Crippen molar-refractivity contribution >= 4 is 39.5 Å². The number of piperazine rings is 1. The minimum atomic E-state index is -0.278. The van der Waals surface area contributed by atoms with E-state index in [0.717, 1.165) is 64.9 Å². The molecule has 1 saturated carbocycles. The molecule has 0 radical (unpaired) electrons. The molecule has 0 amide bonds. The summed E-state index contributed by atoms with van der Waals surface area (Å²) >= 11 is 0. The Morgan fingerprint density at radius 3 is 2.46 bits per heavy atom. The second-order valence-corrected chi connectivity index (χ2v) is 11.6. The van der Waals surface area contributed by atoms with Crippen LogP contribution in [0.5, 0.6) is 0 Å². The predicted molar refractivity (Wildman–Crippen MR) is 162 cm³/mol. The minimum Gasteiger partial charge on any atom is -0.383 e. The molecular formula is C31H36FN9. The molecule has 4 N–H and O–H groups in total. The Labute approximate surface area is 238 Å². The smallest absolute Gasteiger partial charge is 0.205 e. The normalized spacial score (nSPS) is 20.7. The van der Waals surface area contributed by atoms with Crippen molar-refractivity contribution in [3.63, 3.8) is 0 Å². The lowest BCUT2D eigenvalue weighted by Crippen LogP contribution is -2.49. The lowest BCUT2D eigenvalue weighted by Gasteiger charge is -2.41. The Balaban J connectivity index is 1.12. The number of nitrogens with two attached hydrogens (primary N) is 1. The maximum atomic E-state index is 13.8. The summed E-state index contributed by atoms with van der Waals surface area (Å²) in [6.45, 7) is 6.52. The Bertz CT molecular complexity index is 1690. The van der Waals surface area contributed by atoms with E-state index in [-0.39, 0.29) is 5.82 Å². The number of hydrogen-bond donors (Lipinski definition) is 3. The maximum Gasteiger partial charge on any atom is 0.205 e. The van der Waals surface area contributed by atoms with Crippen LogP contribution in [-0.4, -0.2) is 73.6 Å². The van der Waals surface area contributed by atoms with Crippen LogP contribution in [0.15, 0.2) is 48.9 Å². The molecule has 212 valence electrons. The highest BCUT2D eigenvalue weighted by Gasteiger charge is 2.30. The second kappa shape index (κ2) is 10.4. The van der Waals surface area contributed by atoms with Crippen LogP contribution < -0.4 is 11.1 Å². The number of benzene rings is 2. The molecule has 1 aliphatic heterocycles. The summed E-state index contributed by atoms with van der Waals surface area (Å²) in [5.74, 6) is 0.796. The first-order valence-corrected chi connectivity index (χ1v) is 14.5. The van der Waals surface area contributed by atoms with Gasteiger partial charge in [-0.3, -0.25) is 4.90 Å². The van der Waals surface area contributed by atoms with Crippen LogP contribution in [-0.2, 0) is 0 Å². The van der Waals surface area contributed by atoms with E-state index in [1.807, 2.05) is 19.1 Å². The molecule has 0 unspecified atom stereocenters. The zero-order chi connectivity index (χ0) is 28.1. The lowest BCUT2D eigenvalue weighted by molar-refractivity contribution is 0.0828. The fourth-order valence-electron chi connectivity index (χ4n) is 6.67. The quantitative estimate of drug-likeness (QED) is 0.265. The van der Waals surface area contributed by atoms with E-state index in [2.05, 4.69) is 60.0 Å². The predicted octanol–water partition coefficient (Wildman–Crippen LogP) is 5.48. The molecule has 2 aromatic carbocycles. The molecule has 0 bridgehead atoms. The molecular weight excluding hydrogens is 517 g/mol. The molecule has 9 nitrogen and oxygen atoms in total. The number of halogens is 1. The number of nitrogen functional groups attached to an aromatic ring is 1. The fraction of sp³-hybridized carbons (Fsp3) is 0.387. The summed E-state index contributed by atoms with van der Waals surface area (Å²) in [4.78, 5) is 21.9. The zero-order valence-corrected chi connectivity index (χ0v) is 23.6. The fourth-order valence-corrected chi connectivity index (χ4v) is 6.67. The number of H-pyrrole nitrogens is 1. The van der Waals surface area contributed by atoms with E-state index < -0.39 is 0 Å². The van der Waals surface area contributed by atoms with Crippen LogP contribution in [0, 0.1) is 12.7 Å². The van der Waals surface area contributed by atoms with E-state index in [9.17, 15) is 4.39 Å². The molecule has 41 heavy (non-hydrogen) atoms. The summed E-state index contributed by atoms with van der Waals surface area (Å²) in [5.41, 5.74) is 12.5. The van der Waals surface area contributed by atoms with Crippen molar-refractivity contribution in [1.82, 2.24) is 34.3 Å². The van der Waals surface area contributed by atoms with Crippen molar-refractivity contribution in [1.29, 1.82) is 0 Å². The van der Waals surface area contributed by atoms with Crippen molar-refractivity contribution in [3.05, 3.63) is 60.3 Å². The van der Waals surface area contributed by atoms with Crippen LogP contribution in [0.4, 0.5) is 21.8 Å². The summed E-state index contributed by atoms with van der Waals surface area (Å²) < 4.78 is 16.2. The van der Waals surface area contributed by atoms with Gasteiger partial charge in [-0.25, -0.2) is 19.3 Å². The highest BCUT2D eigenvalue weighted by molar-refractivity contribution is 6.00. The third kappa shape index (κ3) is 4.91. The highest BCUT2D eigenvalue weighted by Crippen LogP contribution is 2.39. The largest absolute Gasteiger partial charge is 0.383 e. The number of aryl methyl sites for hydroxylation is 1. The first-order valence-electron chi connectivity index (χ1n) is 14.5. The number of aromatic nitrogens is 5. The Morgan fingerprint density at radius 2 is 1.71 bits per heavy atom. The average molecular weight is 554 g/mol. The number of anilines is 3. The van der Waals surface area contributed by atoms with Crippen LogP contribution in [0.1, 0.15) is 37.3 Å². The van der Waals surface area contributed by atoms with Crippen molar-refractivity contribution in [2.75, 3.05) is 44.3 Å². The molecule has 0 atom stereocenters. The van der Waals surface area contributed by atoms with Crippen molar-refractivity contribution in [2.45, 2.75) is 44.7 Å². The van der Waals surface area contributed by atoms with Gasteiger partial charge in [-0.15, -0.1) is 0 Å². The Kier molecular flexibility index (Phi) is 6.59. The van der Waals surface area contributed by atoms with Crippen molar-refractivity contribution in [2.24, 2.45) is 0 Å². The third-order valence-electron chi connectivity index (χ3n) is 8.95. The first-order chi connectivity index (χ1) is 19.9. The zero-order valence-electron chi connectivity index (χ0n) is 23.6. The van der Waals surface area contributed by atoms with Gasteiger partial charge < -0.3 is 25.5 Å². The van der Waals surface area contributed by atoms with Gasteiger partial charge in [-0.1, -0.05) is 12.1 Å². The van der Waals surface area contributed by atoms with Gasteiger partial charge in [0.2, 0.25) is 5.95 Å². The number of imidazole rings is 1. The van der Waals surface area contributed by atoms with Gasteiger partial charge >= 0.3 is 0 Å². The number of rotatable bonds is 5. The van der Waals surface area contributed by atoms with Crippen LogP contribution in [0.3, 0.4) is 0 Å². The van der Waals surface area contributed by atoms with Gasteiger partial charge in [0.05, 0.1) is 16.4 Å². The van der Waals surface area contributed by atoms with Gasteiger partial charge in [0, 0.05) is 55.7 Å². The van der Waals surface area contributed by atoms with Gasteiger partial charge in [0.25, 0.3) is 0 Å².